The minimum absolute atomic E-state index is 0.0510. The number of aryl methyl sites for hydroxylation is 1. The molecule has 4 aromatic rings. The summed E-state index contributed by atoms with van der Waals surface area (Å²) in [5.74, 6) is -0.108. The molecule has 1 aromatic heterocycles. The van der Waals surface area contributed by atoms with E-state index in [1.54, 1.807) is 16.9 Å². The van der Waals surface area contributed by atoms with E-state index in [-0.39, 0.29) is 6.54 Å². The molecule has 0 saturated heterocycles. The van der Waals surface area contributed by atoms with Crippen molar-refractivity contribution in [1.82, 2.24) is 20.4 Å². The van der Waals surface area contributed by atoms with Crippen LogP contribution in [0.3, 0.4) is 0 Å². The van der Waals surface area contributed by atoms with Gasteiger partial charge in [-0.05, 0) is 53.0 Å². The molecule has 5 rings (SSSR count). The Morgan fingerprint density at radius 2 is 1.88 bits per heavy atom. The van der Waals surface area contributed by atoms with E-state index in [0.29, 0.717) is 18.4 Å². The van der Waals surface area contributed by atoms with E-state index in [4.69, 9.17) is 7.85 Å². The van der Waals surface area contributed by atoms with Gasteiger partial charge in [0.05, 0.1) is 5.56 Å². The van der Waals surface area contributed by atoms with Crippen molar-refractivity contribution in [2.24, 2.45) is 0 Å². The molecule has 0 fully saturated rings. The normalized spacial score (nSPS) is 12.9. The van der Waals surface area contributed by atoms with E-state index in [2.05, 4.69) is 53.0 Å². The van der Waals surface area contributed by atoms with Crippen LogP contribution in [0.5, 0.6) is 0 Å². The van der Waals surface area contributed by atoms with Crippen molar-refractivity contribution in [2.75, 3.05) is 0 Å². The van der Waals surface area contributed by atoms with E-state index in [9.17, 15) is 18.0 Å². The lowest BCUT2D eigenvalue weighted by molar-refractivity contribution is -0.137. The topological polar surface area (TPSA) is 59.0 Å². The first kappa shape index (κ1) is 26.9. The highest BCUT2D eigenvalue weighted by Gasteiger charge is 2.35. The molecule has 2 radical (unpaired) electrons. The average molecular weight is 536 g/mol. The summed E-state index contributed by atoms with van der Waals surface area (Å²) in [6, 6.07) is 22.2. The lowest BCUT2D eigenvalue weighted by Gasteiger charge is -2.15. The van der Waals surface area contributed by atoms with Crippen molar-refractivity contribution in [3.8, 4) is 0 Å². The van der Waals surface area contributed by atoms with Gasteiger partial charge in [-0.15, -0.1) is 0 Å². The first-order chi connectivity index (χ1) is 19.2. The van der Waals surface area contributed by atoms with Gasteiger partial charge in [-0.1, -0.05) is 72.2 Å². The zero-order valence-corrected chi connectivity index (χ0v) is 21.6. The van der Waals surface area contributed by atoms with E-state index in [1.807, 2.05) is 36.4 Å². The molecule has 1 amide bonds. The molecule has 0 bridgehead atoms. The van der Waals surface area contributed by atoms with Gasteiger partial charge in [-0.2, -0.15) is 18.3 Å². The molecule has 2 N–H and O–H groups in total. The molecule has 0 unspecified atom stereocenters. The van der Waals surface area contributed by atoms with Gasteiger partial charge in [0, 0.05) is 31.4 Å². The summed E-state index contributed by atoms with van der Waals surface area (Å²) < 4.78 is 41.6. The second-order valence-corrected chi connectivity index (χ2v) is 9.41. The van der Waals surface area contributed by atoms with Crippen LogP contribution in [0.15, 0.2) is 79.0 Å². The van der Waals surface area contributed by atoms with Crippen LogP contribution in [0, 0.1) is 19.1 Å². The number of nitrogens with one attached hydrogen (secondary N) is 2. The monoisotopic (exact) mass is 536 g/mol. The smallest absolute Gasteiger partial charge is 0.366 e. The van der Waals surface area contributed by atoms with Crippen molar-refractivity contribution in [3.63, 3.8) is 0 Å². The number of allylic oxidation sites excluding steroid dienone is 3. The second-order valence-electron chi connectivity index (χ2n) is 9.41. The van der Waals surface area contributed by atoms with Crippen LogP contribution >= 0.6 is 0 Å². The van der Waals surface area contributed by atoms with Crippen molar-refractivity contribution in [1.29, 1.82) is 0 Å². The highest BCUT2D eigenvalue weighted by Crippen LogP contribution is 2.31. The van der Waals surface area contributed by atoms with Gasteiger partial charge < -0.3 is 10.6 Å². The number of hydrogen-bond acceptors (Lipinski definition) is 3. The Bertz CT molecular complexity index is 1620. The van der Waals surface area contributed by atoms with Gasteiger partial charge in [0.25, 0.3) is 5.91 Å². The highest BCUT2D eigenvalue weighted by atomic mass is 19.4. The van der Waals surface area contributed by atoms with Gasteiger partial charge in [0.15, 0.2) is 0 Å². The number of halogens is 3. The van der Waals surface area contributed by atoms with Gasteiger partial charge in [-0.25, -0.2) is 4.68 Å². The Kier molecular flexibility index (Phi) is 7.52. The number of rotatable bonds is 7. The number of fused-ring (bicyclic) bond motifs is 1. The molecule has 198 valence electrons. The number of alkyl halides is 3. The quantitative estimate of drug-likeness (QED) is 0.335. The number of amides is 1. The third kappa shape index (κ3) is 5.81. The molecule has 9 heteroatoms. The largest absolute Gasteiger partial charge is 0.417 e. The summed E-state index contributed by atoms with van der Waals surface area (Å²) in [4.78, 5) is 12.5. The van der Waals surface area contributed by atoms with Gasteiger partial charge in [0.2, 0.25) is 0 Å². The van der Waals surface area contributed by atoms with Crippen LogP contribution in [0.2, 0.25) is 0 Å². The summed E-state index contributed by atoms with van der Waals surface area (Å²) in [6.45, 7) is 2.56. The van der Waals surface area contributed by atoms with Crippen molar-refractivity contribution in [2.45, 2.75) is 32.6 Å². The SMILES string of the molecule is [B]c1cnn2c1CC=C(c1ccccc1C)C=C2NCc1cccc(CNC(=O)c2c#cccc2C(F)(F)F)c1. The van der Waals surface area contributed by atoms with E-state index in [1.165, 1.54) is 0 Å². The van der Waals surface area contributed by atoms with Crippen LogP contribution in [-0.2, 0) is 25.7 Å². The number of aromatic nitrogens is 2. The Balaban J connectivity index is 1.32. The van der Waals surface area contributed by atoms with E-state index < -0.39 is 23.2 Å². The second kappa shape index (κ2) is 11.2. The van der Waals surface area contributed by atoms with Crippen LogP contribution < -0.4 is 16.1 Å². The Morgan fingerprint density at radius 3 is 2.65 bits per heavy atom. The van der Waals surface area contributed by atoms with E-state index in [0.717, 1.165) is 51.5 Å². The molecule has 0 atom stereocenters. The van der Waals surface area contributed by atoms with Gasteiger partial charge >= 0.3 is 6.18 Å². The van der Waals surface area contributed by atoms with Crippen molar-refractivity contribution in [3.05, 3.63) is 130 Å². The molecule has 1 aliphatic heterocycles. The first-order valence-electron chi connectivity index (χ1n) is 12.6. The Labute approximate surface area is 231 Å². The number of carbonyl (C=O) groups is 1. The zero-order valence-electron chi connectivity index (χ0n) is 21.6. The van der Waals surface area contributed by atoms with Gasteiger partial charge in [0.1, 0.15) is 19.2 Å². The first-order valence-corrected chi connectivity index (χ1v) is 12.6. The Hall–Kier alpha value is -4.71. The van der Waals surface area contributed by atoms with E-state index >= 15 is 0 Å². The molecule has 0 spiro atoms. The maximum Gasteiger partial charge on any atom is 0.417 e. The summed E-state index contributed by atoms with van der Waals surface area (Å²) >= 11 is 0. The van der Waals surface area contributed by atoms with Gasteiger partial charge in [-0.3, -0.25) is 4.79 Å². The number of nitrogens with zero attached hydrogens (tertiary/aromatic N) is 2. The predicted octanol–water partition coefficient (Wildman–Crippen LogP) is 4.76. The fourth-order valence-corrected chi connectivity index (χ4v) is 4.60. The van der Waals surface area contributed by atoms with Crippen molar-refractivity contribution >= 4 is 30.6 Å². The molecular weight excluding hydrogens is 512 g/mol. The average Bonchev–Trinajstić information content (AvgIpc) is 3.20. The number of hydrogen-bond donors (Lipinski definition) is 2. The minimum atomic E-state index is -4.66. The summed E-state index contributed by atoms with van der Waals surface area (Å²) in [6.07, 6.45) is 1.77. The third-order valence-electron chi connectivity index (χ3n) is 6.64. The molecular formula is C31H24BF3N4O. The molecule has 3 aromatic carbocycles. The number of carbonyl (C=O) groups excluding carboxylic acids is 1. The molecule has 0 aliphatic carbocycles. The predicted molar refractivity (Wildman–Crippen MR) is 148 cm³/mol. The molecule has 0 saturated carbocycles. The lowest BCUT2D eigenvalue weighted by atomic mass is 9.94. The molecule has 5 nitrogen and oxygen atoms in total. The Morgan fingerprint density at radius 1 is 1.10 bits per heavy atom. The summed E-state index contributed by atoms with van der Waals surface area (Å²) in [7, 11) is 6.20. The van der Waals surface area contributed by atoms with Crippen LogP contribution in [-0.4, -0.2) is 23.5 Å². The summed E-state index contributed by atoms with van der Waals surface area (Å²) in [5, 5.41) is 10.5. The lowest BCUT2D eigenvalue weighted by Crippen LogP contribution is -2.25. The minimum Gasteiger partial charge on any atom is -0.366 e. The van der Waals surface area contributed by atoms with Crippen LogP contribution in [0.25, 0.3) is 11.4 Å². The van der Waals surface area contributed by atoms with Crippen LogP contribution in [0.4, 0.5) is 13.2 Å². The third-order valence-corrected chi connectivity index (χ3v) is 6.64. The molecule has 1 aliphatic rings. The fraction of sp³-hybridized carbons (Fsp3) is 0.161. The highest BCUT2D eigenvalue weighted by molar-refractivity contribution is 6.33. The molecule has 40 heavy (non-hydrogen) atoms. The number of benzene rings is 2. The maximum atomic E-state index is 13.3. The molecule has 2 heterocycles. The standard InChI is InChI=1S/C31H24BF3N4O/c1-20-7-2-3-10-24(20)23-13-14-28-27(32)19-38-39(28)29(16-23)36-17-21-8-6-9-22(15-21)18-37-30(40)25-11-4-5-12-26(25)31(33,34)35/h2-3,5-10,12-13,15-16,19,36H,14,17-18H2,1H3,(H,37,40). The maximum absolute atomic E-state index is 13.3. The van der Waals surface area contributed by atoms with Crippen molar-refractivity contribution < 1.29 is 18.0 Å². The zero-order chi connectivity index (χ0) is 28.3. The fourth-order valence-electron chi connectivity index (χ4n) is 4.60. The summed E-state index contributed by atoms with van der Waals surface area (Å²) in [5.41, 5.74) is 4.83. The van der Waals surface area contributed by atoms with Crippen LogP contribution in [0.1, 0.15) is 43.9 Å².